The minimum Gasteiger partial charge on any atom is -0.494 e. The van der Waals surface area contributed by atoms with Gasteiger partial charge >= 0.3 is 0 Å². The molecule has 1 fully saturated rings. The van der Waals surface area contributed by atoms with Crippen LogP contribution in [0.3, 0.4) is 0 Å². The van der Waals surface area contributed by atoms with Crippen LogP contribution in [0.2, 0.25) is 0 Å². The summed E-state index contributed by atoms with van der Waals surface area (Å²) in [5, 5.41) is 6.46. The van der Waals surface area contributed by atoms with Crippen molar-refractivity contribution in [3.05, 3.63) is 46.6 Å². The second kappa shape index (κ2) is 12.5. The highest BCUT2D eigenvalue weighted by Gasteiger charge is 2.23. The van der Waals surface area contributed by atoms with E-state index >= 15 is 0 Å². The van der Waals surface area contributed by atoms with Gasteiger partial charge in [-0.05, 0) is 73.6 Å². The Morgan fingerprint density at radius 1 is 1.05 bits per heavy atom. The Morgan fingerprint density at radius 2 is 1.75 bits per heavy atom. The van der Waals surface area contributed by atoms with E-state index in [-0.39, 0.29) is 5.69 Å². The number of hydrogen-bond acceptors (Lipinski definition) is 10. The molecule has 1 aliphatic heterocycles. The number of aromatic nitrogens is 2. The van der Waals surface area contributed by atoms with Gasteiger partial charge in [0.05, 0.1) is 36.3 Å². The van der Waals surface area contributed by atoms with E-state index in [1.165, 1.54) is 7.11 Å². The zero-order chi connectivity index (χ0) is 29.0. The molecule has 1 saturated heterocycles. The SMILES string of the molecule is COc1cc(N2CCC(N(C)C)CC2)c(C)cc1Nc1ncc(Br)c(Nc2cccc(OC)c2NS(C)(=O)=O)n1. The van der Waals surface area contributed by atoms with Gasteiger partial charge in [0.25, 0.3) is 0 Å². The molecule has 0 aliphatic carbocycles. The highest BCUT2D eigenvalue weighted by atomic mass is 79.9. The summed E-state index contributed by atoms with van der Waals surface area (Å²) >= 11 is 3.48. The molecule has 13 heteroatoms. The second-order valence-electron chi connectivity index (χ2n) is 9.92. The maximum absolute atomic E-state index is 12.0. The van der Waals surface area contributed by atoms with E-state index in [1.54, 1.807) is 31.5 Å². The topological polar surface area (TPSA) is 121 Å². The van der Waals surface area contributed by atoms with Crippen molar-refractivity contribution in [2.24, 2.45) is 0 Å². The molecule has 2 aromatic carbocycles. The molecule has 0 amide bonds. The molecule has 1 aromatic heterocycles. The molecule has 0 saturated carbocycles. The van der Waals surface area contributed by atoms with Gasteiger partial charge in [0, 0.05) is 37.1 Å². The highest BCUT2D eigenvalue weighted by molar-refractivity contribution is 9.10. The summed E-state index contributed by atoms with van der Waals surface area (Å²) in [5.74, 6) is 1.82. The monoisotopic (exact) mass is 633 g/mol. The number of ether oxygens (including phenoxy) is 2. The summed E-state index contributed by atoms with van der Waals surface area (Å²) in [6.07, 6.45) is 4.93. The van der Waals surface area contributed by atoms with E-state index < -0.39 is 10.0 Å². The van der Waals surface area contributed by atoms with E-state index in [1.807, 2.05) is 6.07 Å². The van der Waals surface area contributed by atoms with Crippen molar-refractivity contribution in [3.8, 4) is 11.5 Å². The van der Waals surface area contributed by atoms with E-state index in [0.717, 1.165) is 49.1 Å². The van der Waals surface area contributed by atoms with Crippen molar-refractivity contribution >= 4 is 60.5 Å². The lowest BCUT2D eigenvalue weighted by Gasteiger charge is -2.37. The van der Waals surface area contributed by atoms with Crippen LogP contribution in [0.25, 0.3) is 0 Å². The number of aryl methyl sites for hydroxylation is 1. The average Bonchev–Trinajstić information content (AvgIpc) is 2.91. The fourth-order valence-electron chi connectivity index (χ4n) is 4.77. The van der Waals surface area contributed by atoms with E-state index in [0.29, 0.717) is 39.5 Å². The Morgan fingerprint density at radius 3 is 2.38 bits per heavy atom. The van der Waals surface area contributed by atoms with Crippen LogP contribution >= 0.6 is 15.9 Å². The first-order valence-electron chi connectivity index (χ1n) is 12.8. The van der Waals surface area contributed by atoms with Gasteiger partial charge in [0.15, 0.2) is 0 Å². The Kier molecular flexibility index (Phi) is 9.26. The average molecular weight is 635 g/mol. The second-order valence-corrected chi connectivity index (χ2v) is 12.5. The Balaban J connectivity index is 1.59. The maximum Gasteiger partial charge on any atom is 0.230 e. The summed E-state index contributed by atoms with van der Waals surface area (Å²) in [5.41, 5.74) is 3.75. The highest BCUT2D eigenvalue weighted by Crippen LogP contribution is 2.38. The van der Waals surface area contributed by atoms with Crippen molar-refractivity contribution in [1.29, 1.82) is 0 Å². The third kappa shape index (κ3) is 7.07. The standard InChI is InChI=1S/C27H36BrN7O4S/c1-17-14-21(24(39-5)15-22(17)35-12-10-18(11-13-35)34(2)3)31-27-29-16-19(28)26(32-27)30-20-8-7-9-23(38-4)25(20)33-40(6,36)37/h7-9,14-16,18,33H,10-13H2,1-6H3,(H2,29,30,31,32). The van der Waals surface area contributed by atoms with Gasteiger partial charge in [-0.3, -0.25) is 4.72 Å². The van der Waals surface area contributed by atoms with Crippen molar-refractivity contribution in [3.63, 3.8) is 0 Å². The van der Waals surface area contributed by atoms with Gasteiger partial charge < -0.3 is 29.9 Å². The van der Waals surface area contributed by atoms with Gasteiger partial charge in [0.2, 0.25) is 16.0 Å². The van der Waals surface area contributed by atoms with E-state index in [9.17, 15) is 8.42 Å². The number of para-hydroxylation sites is 1. The van der Waals surface area contributed by atoms with Gasteiger partial charge in [-0.1, -0.05) is 6.07 Å². The predicted octanol–water partition coefficient (Wildman–Crippen LogP) is 4.95. The summed E-state index contributed by atoms with van der Waals surface area (Å²) in [7, 11) is 3.84. The molecule has 0 unspecified atom stereocenters. The van der Waals surface area contributed by atoms with Crippen LogP contribution in [-0.2, 0) is 10.0 Å². The molecule has 40 heavy (non-hydrogen) atoms. The quantitative estimate of drug-likeness (QED) is 0.283. The van der Waals surface area contributed by atoms with Crippen LogP contribution in [0.1, 0.15) is 18.4 Å². The van der Waals surface area contributed by atoms with Crippen molar-refractivity contribution < 1.29 is 17.9 Å². The smallest absolute Gasteiger partial charge is 0.230 e. The maximum atomic E-state index is 12.0. The number of methoxy groups -OCH3 is 2. The molecule has 0 radical (unpaired) electrons. The first-order chi connectivity index (χ1) is 19.0. The fourth-order valence-corrected chi connectivity index (χ4v) is 5.64. The molecule has 4 rings (SSSR count). The van der Waals surface area contributed by atoms with Gasteiger partial charge in [-0.25, -0.2) is 13.4 Å². The lowest BCUT2D eigenvalue weighted by molar-refractivity contribution is 0.249. The normalized spacial score (nSPS) is 14.2. The minimum absolute atomic E-state index is 0.273. The first kappa shape index (κ1) is 29.7. The number of benzene rings is 2. The third-order valence-corrected chi connectivity index (χ3v) is 7.99. The molecule has 11 nitrogen and oxygen atoms in total. The van der Waals surface area contributed by atoms with Crippen molar-refractivity contribution in [2.45, 2.75) is 25.8 Å². The summed E-state index contributed by atoms with van der Waals surface area (Å²) in [6, 6.07) is 9.85. The summed E-state index contributed by atoms with van der Waals surface area (Å²) < 4.78 is 38.2. The molecule has 0 spiro atoms. The number of nitrogens with zero attached hydrogens (tertiary/aromatic N) is 4. The molecular weight excluding hydrogens is 598 g/mol. The zero-order valence-electron chi connectivity index (χ0n) is 23.6. The molecule has 0 bridgehead atoms. The van der Waals surface area contributed by atoms with Gasteiger partial charge in [-0.2, -0.15) is 4.98 Å². The van der Waals surface area contributed by atoms with Gasteiger partial charge in [-0.15, -0.1) is 0 Å². The van der Waals surface area contributed by atoms with Crippen LogP contribution in [0.5, 0.6) is 11.5 Å². The van der Waals surface area contributed by atoms with Crippen molar-refractivity contribution in [2.75, 3.05) is 67.9 Å². The van der Waals surface area contributed by atoms with Gasteiger partial charge in [0.1, 0.15) is 23.0 Å². The van der Waals surface area contributed by atoms with Crippen LogP contribution in [-0.4, -0.2) is 77.0 Å². The predicted molar refractivity (Wildman–Crippen MR) is 164 cm³/mol. The van der Waals surface area contributed by atoms with Crippen LogP contribution in [0, 0.1) is 6.92 Å². The lowest BCUT2D eigenvalue weighted by atomic mass is 10.0. The zero-order valence-corrected chi connectivity index (χ0v) is 26.0. The Labute approximate surface area is 244 Å². The Hall–Kier alpha value is -3.29. The van der Waals surface area contributed by atoms with Crippen LogP contribution in [0.4, 0.5) is 34.5 Å². The number of piperidine rings is 1. The number of nitrogens with one attached hydrogen (secondary N) is 3. The molecule has 3 aromatic rings. The number of anilines is 6. The molecule has 1 aliphatic rings. The number of hydrogen-bond donors (Lipinski definition) is 3. The van der Waals surface area contributed by atoms with E-state index in [2.05, 4.69) is 78.1 Å². The molecule has 2 heterocycles. The molecule has 216 valence electrons. The van der Waals surface area contributed by atoms with Crippen LogP contribution in [0.15, 0.2) is 41.0 Å². The number of rotatable bonds is 10. The lowest BCUT2D eigenvalue weighted by Crippen LogP contribution is -2.42. The Bertz CT molecular complexity index is 1460. The summed E-state index contributed by atoms with van der Waals surface area (Å²) in [6.45, 7) is 4.07. The minimum atomic E-state index is -3.56. The largest absolute Gasteiger partial charge is 0.494 e. The third-order valence-electron chi connectivity index (χ3n) is 6.83. The summed E-state index contributed by atoms with van der Waals surface area (Å²) in [4.78, 5) is 13.8. The molecule has 3 N–H and O–H groups in total. The van der Waals surface area contributed by atoms with E-state index in [4.69, 9.17) is 9.47 Å². The number of sulfonamides is 1. The fraction of sp³-hybridized carbons (Fsp3) is 0.407. The number of halogens is 1. The molecule has 0 atom stereocenters. The van der Waals surface area contributed by atoms with Crippen LogP contribution < -0.4 is 29.7 Å². The molecular formula is C27H36BrN7O4S. The first-order valence-corrected chi connectivity index (χ1v) is 15.5. The van der Waals surface area contributed by atoms with Crippen molar-refractivity contribution in [1.82, 2.24) is 14.9 Å².